The van der Waals surface area contributed by atoms with Gasteiger partial charge in [0.05, 0.1) is 5.69 Å². The fourth-order valence-corrected chi connectivity index (χ4v) is 6.28. The quantitative estimate of drug-likeness (QED) is 0.479. The zero-order chi connectivity index (χ0) is 18.4. The van der Waals surface area contributed by atoms with E-state index in [1.165, 1.54) is 0 Å². The average Bonchev–Trinajstić information content (AvgIpc) is 2.73. The molecule has 3 rings (SSSR count). The van der Waals surface area contributed by atoms with Crippen molar-refractivity contribution in [2.75, 3.05) is 5.32 Å². The highest BCUT2D eigenvalue weighted by atomic mass is 79.9. The number of nitrogens with one attached hydrogen (secondary N) is 1. The molecule has 2 aliphatic heterocycles. The van der Waals surface area contributed by atoms with E-state index in [1.807, 2.05) is 37.8 Å². The number of rotatable bonds is 2. The summed E-state index contributed by atoms with van der Waals surface area (Å²) in [5.74, 6) is 0. The van der Waals surface area contributed by atoms with Gasteiger partial charge in [-0.25, -0.2) is 4.79 Å². The van der Waals surface area contributed by atoms with E-state index < -0.39 is 5.60 Å². The molecule has 4 nitrogen and oxygen atoms in total. The maximum Gasteiger partial charge on any atom is 0.410 e. The van der Waals surface area contributed by atoms with Crippen molar-refractivity contribution in [2.24, 2.45) is 0 Å². The third-order valence-electron chi connectivity index (χ3n) is 4.69. The van der Waals surface area contributed by atoms with Crippen molar-refractivity contribution >= 4 is 59.6 Å². The second-order valence-corrected chi connectivity index (χ2v) is 10.5. The Morgan fingerprint density at radius 3 is 2.12 bits per heavy atom. The minimum Gasteiger partial charge on any atom is -0.444 e. The van der Waals surface area contributed by atoms with Crippen molar-refractivity contribution < 1.29 is 9.53 Å². The van der Waals surface area contributed by atoms with Crippen LogP contribution in [0.15, 0.2) is 25.6 Å². The number of carbonyl (C=O) groups is 1. The Morgan fingerprint density at radius 1 is 1.12 bits per heavy atom. The van der Waals surface area contributed by atoms with Crippen LogP contribution in [-0.4, -0.2) is 34.7 Å². The van der Waals surface area contributed by atoms with E-state index in [9.17, 15) is 4.79 Å². The molecule has 0 spiro atoms. The van der Waals surface area contributed by atoms with Gasteiger partial charge in [-0.15, -0.1) is 0 Å². The molecule has 2 fully saturated rings. The second-order valence-electron chi connectivity index (χ2n) is 7.83. The third-order valence-corrected chi connectivity index (χ3v) is 6.40. The van der Waals surface area contributed by atoms with E-state index in [1.54, 1.807) is 0 Å². The van der Waals surface area contributed by atoms with E-state index >= 15 is 0 Å². The fraction of sp³-hybridized carbons (Fsp3) is 0.611. The van der Waals surface area contributed by atoms with Gasteiger partial charge in [-0.3, -0.25) is 0 Å². The summed E-state index contributed by atoms with van der Waals surface area (Å²) >= 11 is 10.8. The van der Waals surface area contributed by atoms with E-state index in [0.717, 1.165) is 44.8 Å². The molecule has 0 saturated carbocycles. The lowest BCUT2D eigenvalue weighted by Gasteiger charge is -2.40. The maximum absolute atomic E-state index is 12.5. The predicted octanol–water partition coefficient (Wildman–Crippen LogP) is 6.32. The summed E-state index contributed by atoms with van der Waals surface area (Å²) in [7, 11) is 0. The molecule has 1 N–H and O–H groups in total. The van der Waals surface area contributed by atoms with Gasteiger partial charge in [0.25, 0.3) is 0 Å². The number of nitrogens with zero attached hydrogens (tertiary/aromatic N) is 1. The van der Waals surface area contributed by atoms with Gasteiger partial charge in [0, 0.05) is 31.5 Å². The van der Waals surface area contributed by atoms with Gasteiger partial charge >= 0.3 is 6.09 Å². The Labute approximate surface area is 174 Å². The Morgan fingerprint density at radius 2 is 1.64 bits per heavy atom. The van der Waals surface area contributed by atoms with Crippen LogP contribution in [-0.2, 0) is 4.74 Å². The fourth-order valence-electron chi connectivity index (χ4n) is 3.79. The summed E-state index contributed by atoms with van der Waals surface area (Å²) in [4.78, 5) is 14.5. The van der Waals surface area contributed by atoms with Crippen LogP contribution in [0.1, 0.15) is 46.5 Å². The number of anilines is 1. The number of ether oxygens (including phenoxy) is 1. The highest BCUT2D eigenvalue weighted by molar-refractivity contribution is 9.11. The van der Waals surface area contributed by atoms with Crippen molar-refractivity contribution in [1.82, 2.24) is 4.90 Å². The van der Waals surface area contributed by atoms with Crippen LogP contribution in [0.3, 0.4) is 0 Å². The van der Waals surface area contributed by atoms with Gasteiger partial charge in [0.1, 0.15) is 5.60 Å². The molecule has 2 unspecified atom stereocenters. The standard InChI is InChI=1S/C18H23Br3N2O2/c1-18(2,3)25-17(24)23-12-4-5-13(23)9-11(8-12)22-16-14(20)6-10(19)7-15(16)21/h6-7,11-13,22H,4-5,8-9H2,1-3H3. The smallest absolute Gasteiger partial charge is 0.410 e. The van der Waals surface area contributed by atoms with Crippen molar-refractivity contribution in [1.29, 1.82) is 0 Å². The maximum atomic E-state index is 12.5. The van der Waals surface area contributed by atoms with Gasteiger partial charge in [-0.2, -0.15) is 0 Å². The van der Waals surface area contributed by atoms with E-state index in [-0.39, 0.29) is 18.2 Å². The summed E-state index contributed by atoms with van der Waals surface area (Å²) in [5, 5.41) is 3.66. The van der Waals surface area contributed by atoms with Crippen LogP contribution in [0.4, 0.5) is 10.5 Å². The first-order valence-corrected chi connectivity index (χ1v) is 10.9. The normalized spacial score (nSPS) is 25.8. The zero-order valence-electron chi connectivity index (χ0n) is 14.6. The van der Waals surface area contributed by atoms with Gasteiger partial charge in [-0.05, 0) is 90.4 Å². The molecule has 2 heterocycles. The van der Waals surface area contributed by atoms with Crippen molar-refractivity contribution in [3.63, 3.8) is 0 Å². The summed E-state index contributed by atoms with van der Waals surface area (Å²) in [6.45, 7) is 5.76. The number of carbonyl (C=O) groups excluding carboxylic acids is 1. The van der Waals surface area contributed by atoms with Crippen molar-refractivity contribution in [2.45, 2.75) is 70.2 Å². The summed E-state index contributed by atoms with van der Waals surface area (Å²) < 4.78 is 8.68. The molecule has 2 bridgehead atoms. The van der Waals surface area contributed by atoms with E-state index in [0.29, 0.717) is 6.04 Å². The summed E-state index contributed by atoms with van der Waals surface area (Å²) in [6, 6.07) is 4.96. The van der Waals surface area contributed by atoms with Crippen molar-refractivity contribution in [3.05, 3.63) is 25.6 Å². The molecule has 2 atom stereocenters. The van der Waals surface area contributed by atoms with Crippen LogP contribution >= 0.6 is 47.8 Å². The molecule has 7 heteroatoms. The first-order chi connectivity index (χ1) is 11.6. The SMILES string of the molecule is CC(C)(C)OC(=O)N1C2CCC1CC(Nc1c(Br)cc(Br)cc1Br)C2. The number of fused-ring (bicyclic) bond motifs is 2. The number of benzene rings is 1. The monoisotopic (exact) mass is 536 g/mol. The van der Waals surface area contributed by atoms with Crippen LogP contribution in [0.25, 0.3) is 0 Å². The lowest BCUT2D eigenvalue weighted by Crippen LogP contribution is -2.51. The largest absolute Gasteiger partial charge is 0.444 e. The molecule has 1 aromatic carbocycles. The summed E-state index contributed by atoms with van der Waals surface area (Å²) in [6.07, 6.45) is 3.86. The number of piperidine rings is 1. The third kappa shape index (κ3) is 4.53. The molecule has 1 amide bonds. The van der Waals surface area contributed by atoms with Gasteiger partial charge < -0.3 is 15.0 Å². The molecule has 138 valence electrons. The predicted molar refractivity (Wildman–Crippen MR) is 111 cm³/mol. The number of amides is 1. The summed E-state index contributed by atoms with van der Waals surface area (Å²) in [5.41, 5.74) is 0.622. The van der Waals surface area contributed by atoms with Crippen LogP contribution in [0.5, 0.6) is 0 Å². The van der Waals surface area contributed by atoms with Crippen LogP contribution in [0, 0.1) is 0 Å². The number of hydrogen-bond acceptors (Lipinski definition) is 3. The molecule has 0 aliphatic carbocycles. The van der Waals surface area contributed by atoms with Crippen molar-refractivity contribution in [3.8, 4) is 0 Å². The van der Waals surface area contributed by atoms with E-state index in [4.69, 9.17) is 4.74 Å². The van der Waals surface area contributed by atoms with Gasteiger partial charge in [0.2, 0.25) is 0 Å². The highest BCUT2D eigenvalue weighted by Crippen LogP contribution is 2.40. The van der Waals surface area contributed by atoms with E-state index in [2.05, 4.69) is 53.1 Å². The average molecular weight is 539 g/mol. The molecule has 1 aromatic rings. The Kier molecular flexibility index (Phi) is 5.76. The molecule has 2 aliphatic rings. The molecule has 2 saturated heterocycles. The Hall–Kier alpha value is -0.270. The molecule has 0 aromatic heterocycles. The molecule has 25 heavy (non-hydrogen) atoms. The minimum absolute atomic E-state index is 0.163. The molecule has 0 radical (unpaired) electrons. The van der Waals surface area contributed by atoms with Crippen LogP contribution in [0.2, 0.25) is 0 Å². The first-order valence-electron chi connectivity index (χ1n) is 8.56. The minimum atomic E-state index is -0.446. The second kappa shape index (κ2) is 7.39. The van der Waals surface area contributed by atoms with Gasteiger partial charge in [0.15, 0.2) is 0 Å². The topological polar surface area (TPSA) is 41.6 Å². The first kappa shape index (κ1) is 19.5. The zero-order valence-corrected chi connectivity index (χ0v) is 19.4. The molecular weight excluding hydrogens is 516 g/mol. The molecular formula is C18H23Br3N2O2. The Bertz CT molecular complexity index is 638. The van der Waals surface area contributed by atoms with Crippen LogP contribution < -0.4 is 5.32 Å². The number of hydrogen-bond donors (Lipinski definition) is 1. The Balaban J connectivity index is 1.69. The number of halogens is 3. The van der Waals surface area contributed by atoms with Gasteiger partial charge in [-0.1, -0.05) is 15.9 Å². The highest BCUT2D eigenvalue weighted by Gasteiger charge is 2.44. The lowest BCUT2D eigenvalue weighted by molar-refractivity contribution is 0.00683. The lowest BCUT2D eigenvalue weighted by atomic mass is 9.97.